The van der Waals surface area contributed by atoms with E-state index in [4.69, 9.17) is 18.9 Å². The monoisotopic (exact) mass is 426 g/mol. The van der Waals surface area contributed by atoms with Crippen LogP contribution in [0.5, 0.6) is 23.0 Å². The second kappa shape index (κ2) is 10.6. The molecule has 7 heteroatoms. The maximum Gasteiger partial charge on any atom is 0.246 e. The van der Waals surface area contributed by atoms with Crippen LogP contribution < -0.4 is 23.8 Å². The Morgan fingerprint density at radius 2 is 1.58 bits per heavy atom. The summed E-state index contributed by atoms with van der Waals surface area (Å²) in [6, 6.07) is 11.7. The van der Waals surface area contributed by atoms with Crippen molar-refractivity contribution in [3.63, 3.8) is 0 Å². The van der Waals surface area contributed by atoms with Gasteiger partial charge in [-0.2, -0.15) is 0 Å². The SMILES string of the molecule is CCOc1ccccc1N1CCN(C(=O)/C=C/c2cc(OC)c(OC)c(OC)c2)CC1. The van der Waals surface area contributed by atoms with Crippen LogP contribution in [0.15, 0.2) is 42.5 Å². The van der Waals surface area contributed by atoms with Crippen molar-refractivity contribution in [1.29, 1.82) is 0 Å². The van der Waals surface area contributed by atoms with E-state index in [0.717, 1.165) is 30.1 Å². The summed E-state index contributed by atoms with van der Waals surface area (Å²) >= 11 is 0. The van der Waals surface area contributed by atoms with Gasteiger partial charge in [-0.1, -0.05) is 12.1 Å². The molecule has 0 unspecified atom stereocenters. The molecule has 0 aromatic heterocycles. The zero-order valence-electron chi connectivity index (χ0n) is 18.6. The number of anilines is 1. The lowest BCUT2D eigenvalue weighted by molar-refractivity contribution is -0.126. The van der Waals surface area contributed by atoms with Crippen LogP contribution in [-0.2, 0) is 4.79 Å². The second-order valence-corrected chi connectivity index (χ2v) is 7.01. The fourth-order valence-corrected chi connectivity index (χ4v) is 3.63. The van der Waals surface area contributed by atoms with Crippen LogP contribution in [0.1, 0.15) is 12.5 Å². The zero-order chi connectivity index (χ0) is 22.2. The predicted molar refractivity (Wildman–Crippen MR) is 122 cm³/mol. The van der Waals surface area contributed by atoms with Gasteiger partial charge < -0.3 is 28.7 Å². The van der Waals surface area contributed by atoms with Gasteiger partial charge in [0.05, 0.1) is 33.6 Å². The molecule has 2 aromatic carbocycles. The van der Waals surface area contributed by atoms with Crippen LogP contribution in [0, 0.1) is 0 Å². The van der Waals surface area contributed by atoms with Gasteiger partial charge in [0.15, 0.2) is 11.5 Å². The minimum Gasteiger partial charge on any atom is -0.493 e. The number of rotatable bonds is 8. The maximum atomic E-state index is 12.7. The highest BCUT2D eigenvalue weighted by atomic mass is 16.5. The van der Waals surface area contributed by atoms with Gasteiger partial charge in [0.2, 0.25) is 11.7 Å². The lowest BCUT2D eigenvalue weighted by Gasteiger charge is -2.36. The number of benzene rings is 2. The number of para-hydroxylation sites is 2. The Kier molecular flexibility index (Phi) is 7.65. The van der Waals surface area contributed by atoms with E-state index in [1.807, 2.05) is 42.2 Å². The smallest absolute Gasteiger partial charge is 0.246 e. The first-order chi connectivity index (χ1) is 15.1. The number of methoxy groups -OCH3 is 3. The van der Waals surface area contributed by atoms with Crippen molar-refractivity contribution in [2.75, 3.05) is 59.0 Å². The third kappa shape index (κ3) is 5.23. The molecular formula is C24H30N2O5. The number of nitrogens with zero attached hydrogens (tertiary/aromatic N) is 2. The molecule has 166 valence electrons. The lowest BCUT2D eigenvalue weighted by Crippen LogP contribution is -2.48. The number of hydrogen-bond donors (Lipinski definition) is 0. The van der Waals surface area contributed by atoms with Gasteiger partial charge in [-0.3, -0.25) is 4.79 Å². The third-order valence-corrected chi connectivity index (χ3v) is 5.20. The number of amides is 1. The van der Waals surface area contributed by atoms with Crippen molar-refractivity contribution < 1.29 is 23.7 Å². The molecule has 1 aliphatic heterocycles. The summed E-state index contributed by atoms with van der Waals surface area (Å²) in [6.45, 7) is 5.42. The molecule has 2 aromatic rings. The molecule has 3 rings (SSSR count). The Hall–Kier alpha value is -3.35. The molecule has 31 heavy (non-hydrogen) atoms. The topological polar surface area (TPSA) is 60.5 Å². The molecule has 1 heterocycles. The van der Waals surface area contributed by atoms with Crippen LogP contribution in [0.3, 0.4) is 0 Å². The Bertz CT molecular complexity index is 895. The van der Waals surface area contributed by atoms with Crippen LogP contribution in [-0.4, -0.2) is 64.9 Å². The van der Waals surface area contributed by atoms with Gasteiger partial charge in [-0.25, -0.2) is 0 Å². The highest BCUT2D eigenvalue weighted by Crippen LogP contribution is 2.38. The summed E-state index contributed by atoms with van der Waals surface area (Å²) in [5, 5.41) is 0. The normalized spacial score (nSPS) is 13.9. The van der Waals surface area contributed by atoms with E-state index in [-0.39, 0.29) is 5.91 Å². The first-order valence-corrected chi connectivity index (χ1v) is 10.3. The Balaban J connectivity index is 1.65. The quantitative estimate of drug-likeness (QED) is 0.603. The number of ether oxygens (including phenoxy) is 4. The van der Waals surface area contributed by atoms with Crippen LogP contribution in [0.2, 0.25) is 0 Å². The Labute approximate surface area is 183 Å². The van der Waals surface area contributed by atoms with Crippen LogP contribution in [0.25, 0.3) is 6.08 Å². The lowest BCUT2D eigenvalue weighted by atomic mass is 10.1. The average molecular weight is 427 g/mol. The molecule has 0 aliphatic carbocycles. The van der Waals surface area contributed by atoms with Crippen molar-refractivity contribution in [2.24, 2.45) is 0 Å². The van der Waals surface area contributed by atoms with E-state index >= 15 is 0 Å². The average Bonchev–Trinajstić information content (AvgIpc) is 2.82. The summed E-state index contributed by atoms with van der Waals surface area (Å²) in [6.07, 6.45) is 3.36. The molecule has 7 nitrogen and oxygen atoms in total. The first-order valence-electron chi connectivity index (χ1n) is 10.3. The third-order valence-electron chi connectivity index (χ3n) is 5.20. The van der Waals surface area contributed by atoms with Crippen LogP contribution >= 0.6 is 0 Å². The Morgan fingerprint density at radius 3 is 2.16 bits per heavy atom. The van der Waals surface area contributed by atoms with Crippen molar-refractivity contribution in [1.82, 2.24) is 4.90 Å². The fraction of sp³-hybridized carbons (Fsp3) is 0.375. The number of piperazine rings is 1. The molecule has 0 radical (unpaired) electrons. The van der Waals surface area contributed by atoms with E-state index in [0.29, 0.717) is 36.9 Å². The van der Waals surface area contributed by atoms with E-state index in [2.05, 4.69) is 11.0 Å². The van der Waals surface area contributed by atoms with Crippen LogP contribution in [0.4, 0.5) is 5.69 Å². The largest absolute Gasteiger partial charge is 0.493 e. The molecule has 0 saturated carbocycles. The van der Waals surface area contributed by atoms with E-state index in [1.165, 1.54) is 0 Å². The van der Waals surface area contributed by atoms with Gasteiger partial charge in [0.1, 0.15) is 5.75 Å². The molecule has 1 saturated heterocycles. The summed E-state index contributed by atoms with van der Waals surface area (Å²) in [7, 11) is 4.70. The van der Waals surface area contributed by atoms with Gasteiger partial charge in [-0.05, 0) is 42.8 Å². The van der Waals surface area contributed by atoms with E-state index in [9.17, 15) is 4.79 Å². The zero-order valence-corrected chi connectivity index (χ0v) is 18.6. The first kappa shape index (κ1) is 22.3. The summed E-state index contributed by atoms with van der Waals surface area (Å²) < 4.78 is 21.8. The minimum absolute atomic E-state index is 0.0218. The number of hydrogen-bond acceptors (Lipinski definition) is 6. The van der Waals surface area contributed by atoms with Crippen molar-refractivity contribution >= 4 is 17.7 Å². The van der Waals surface area contributed by atoms with Gasteiger partial charge in [-0.15, -0.1) is 0 Å². The maximum absolute atomic E-state index is 12.7. The predicted octanol–water partition coefficient (Wildman–Crippen LogP) is 3.47. The molecule has 1 fully saturated rings. The van der Waals surface area contributed by atoms with Crippen molar-refractivity contribution in [3.8, 4) is 23.0 Å². The second-order valence-electron chi connectivity index (χ2n) is 7.01. The Morgan fingerprint density at radius 1 is 0.935 bits per heavy atom. The van der Waals surface area contributed by atoms with E-state index < -0.39 is 0 Å². The molecule has 1 aliphatic rings. The molecule has 0 bridgehead atoms. The molecule has 1 amide bonds. The van der Waals surface area contributed by atoms with Crippen molar-refractivity contribution in [3.05, 3.63) is 48.0 Å². The van der Waals surface area contributed by atoms with Gasteiger partial charge in [0, 0.05) is 32.3 Å². The van der Waals surface area contributed by atoms with E-state index in [1.54, 1.807) is 33.5 Å². The molecular weight excluding hydrogens is 396 g/mol. The fourth-order valence-electron chi connectivity index (χ4n) is 3.63. The standard InChI is InChI=1S/C24H30N2O5/c1-5-31-20-9-7-6-8-19(20)25-12-14-26(15-13-25)23(27)11-10-18-16-21(28-2)24(30-4)22(17-18)29-3/h6-11,16-17H,5,12-15H2,1-4H3/b11-10+. The highest BCUT2D eigenvalue weighted by molar-refractivity contribution is 5.92. The molecule has 0 atom stereocenters. The number of carbonyl (C=O) groups excluding carboxylic acids is 1. The summed E-state index contributed by atoms with van der Waals surface area (Å²) in [5.74, 6) is 2.49. The highest BCUT2D eigenvalue weighted by Gasteiger charge is 2.22. The van der Waals surface area contributed by atoms with Crippen molar-refractivity contribution in [2.45, 2.75) is 6.92 Å². The summed E-state index contributed by atoms with van der Waals surface area (Å²) in [5.41, 5.74) is 1.87. The number of carbonyl (C=O) groups is 1. The van der Waals surface area contributed by atoms with Gasteiger partial charge in [0.25, 0.3) is 0 Å². The van der Waals surface area contributed by atoms with Gasteiger partial charge >= 0.3 is 0 Å². The molecule has 0 spiro atoms. The minimum atomic E-state index is -0.0218. The summed E-state index contributed by atoms with van der Waals surface area (Å²) in [4.78, 5) is 16.8. The molecule has 0 N–H and O–H groups in total.